The number of benzene rings is 2. The van der Waals surface area contributed by atoms with Crippen molar-refractivity contribution in [3.8, 4) is 0 Å². The van der Waals surface area contributed by atoms with E-state index in [1.54, 1.807) is 12.1 Å². The second-order valence-corrected chi connectivity index (χ2v) is 5.86. The fraction of sp³-hybridized carbons (Fsp3) is 0.235. The lowest BCUT2D eigenvalue weighted by Crippen LogP contribution is -2.28. The maximum Gasteiger partial charge on any atom is 0.491 e. The van der Waals surface area contributed by atoms with Crippen molar-refractivity contribution in [2.24, 2.45) is 0 Å². The summed E-state index contributed by atoms with van der Waals surface area (Å²) < 4.78 is 5.14. The summed E-state index contributed by atoms with van der Waals surface area (Å²) in [6.45, 7) is 0.332. The van der Waals surface area contributed by atoms with Gasteiger partial charge in [0.25, 0.3) is 0 Å². The van der Waals surface area contributed by atoms with E-state index in [4.69, 9.17) is 16.3 Å². The minimum Gasteiger partial charge on any atom is -0.423 e. The molecule has 1 aliphatic rings. The molecule has 0 unspecified atom stereocenters. The van der Waals surface area contributed by atoms with E-state index in [9.17, 15) is 9.82 Å². The predicted molar refractivity (Wildman–Crippen MR) is 87.6 cm³/mol. The van der Waals surface area contributed by atoms with Crippen molar-refractivity contribution >= 4 is 30.0 Å². The van der Waals surface area contributed by atoms with Gasteiger partial charge in [0, 0.05) is 12.0 Å². The van der Waals surface area contributed by atoms with Gasteiger partial charge in [-0.05, 0) is 41.6 Å². The van der Waals surface area contributed by atoms with Gasteiger partial charge in [-0.1, -0.05) is 41.9 Å². The Kier molecular flexibility index (Phi) is 4.62. The third-order valence-electron chi connectivity index (χ3n) is 3.90. The molecule has 0 spiro atoms. The molecule has 1 N–H and O–H groups in total. The molecule has 0 aliphatic carbocycles. The van der Waals surface area contributed by atoms with Gasteiger partial charge in [-0.15, -0.1) is 0 Å². The minimum atomic E-state index is -0.955. The molecule has 0 bridgehead atoms. The van der Waals surface area contributed by atoms with Crippen LogP contribution in [0.25, 0.3) is 0 Å². The van der Waals surface area contributed by atoms with E-state index in [1.165, 1.54) is 5.56 Å². The summed E-state index contributed by atoms with van der Waals surface area (Å²) in [5, 5.41) is 10.2. The SMILES string of the molecule is O=C(CCCc1ccccc1)c1cc2c(cc1Cl)COB2O. The number of halogens is 1. The number of carbonyl (C=O) groups excluding carboxylic acids is 1. The Morgan fingerprint density at radius 2 is 2.05 bits per heavy atom. The van der Waals surface area contributed by atoms with Gasteiger partial charge in [0.2, 0.25) is 0 Å². The van der Waals surface area contributed by atoms with Crippen molar-refractivity contribution in [1.82, 2.24) is 0 Å². The highest BCUT2D eigenvalue weighted by atomic mass is 35.5. The standard InChI is InChI=1S/C17H16BClO3/c19-16-9-13-11-22-18(21)15(13)10-14(16)17(20)8-4-7-12-5-2-1-3-6-12/h1-3,5-6,9-10,21H,4,7-8,11H2. The average Bonchev–Trinajstić information content (AvgIpc) is 2.88. The van der Waals surface area contributed by atoms with Crippen LogP contribution in [0.2, 0.25) is 5.02 Å². The first-order valence-electron chi connectivity index (χ1n) is 7.34. The largest absolute Gasteiger partial charge is 0.491 e. The highest BCUT2D eigenvalue weighted by molar-refractivity contribution is 6.61. The van der Waals surface area contributed by atoms with E-state index in [2.05, 4.69) is 12.1 Å². The number of Topliss-reactive ketones (excluding diaryl/α,β-unsaturated/α-hetero) is 1. The van der Waals surface area contributed by atoms with Gasteiger partial charge >= 0.3 is 7.12 Å². The minimum absolute atomic E-state index is 0.00262. The van der Waals surface area contributed by atoms with E-state index >= 15 is 0 Å². The van der Waals surface area contributed by atoms with Crippen LogP contribution in [0.15, 0.2) is 42.5 Å². The number of fused-ring (bicyclic) bond motifs is 1. The maximum atomic E-state index is 12.4. The molecule has 2 aromatic rings. The third kappa shape index (κ3) is 3.24. The van der Waals surface area contributed by atoms with Crippen LogP contribution in [-0.2, 0) is 17.7 Å². The fourth-order valence-electron chi connectivity index (χ4n) is 2.69. The second-order valence-electron chi connectivity index (χ2n) is 5.46. The lowest BCUT2D eigenvalue weighted by atomic mass is 9.78. The van der Waals surface area contributed by atoms with Gasteiger partial charge in [-0.3, -0.25) is 4.79 Å². The average molecular weight is 315 g/mol. The molecule has 0 saturated carbocycles. The lowest BCUT2D eigenvalue weighted by Gasteiger charge is -2.07. The molecule has 1 heterocycles. The normalized spacial score (nSPS) is 13.3. The van der Waals surface area contributed by atoms with Crippen LogP contribution in [0.3, 0.4) is 0 Å². The third-order valence-corrected chi connectivity index (χ3v) is 4.22. The molecular formula is C17H16BClO3. The molecule has 0 fully saturated rings. The van der Waals surface area contributed by atoms with Gasteiger partial charge in [0.1, 0.15) is 0 Å². The Hall–Kier alpha value is -1.62. The molecule has 0 atom stereocenters. The van der Waals surface area contributed by atoms with Crippen LogP contribution in [0.1, 0.15) is 34.3 Å². The van der Waals surface area contributed by atoms with Crippen molar-refractivity contribution in [3.05, 3.63) is 64.2 Å². The molecule has 22 heavy (non-hydrogen) atoms. The predicted octanol–water partition coefficient (Wildman–Crippen LogP) is 2.76. The fourth-order valence-corrected chi connectivity index (χ4v) is 2.98. The zero-order chi connectivity index (χ0) is 15.5. The first-order chi connectivity index (χ1) is 10.6. The molecule has 3 rings (SSSR count). The summed E-state index contributed by atoms with van der Waals surface area (Å²) in [6, 6.07) is 13.5. The van der Waals surface area contributed by atoms with Crippen molar-refractivity contribution in [1.29, 1.82) is 0 Å². The Bertz CT molecular complexity index is 688. The van der Waals surface area contributed by atoms with E-state index in [-0.39, 0.29) is 5.78 Å². The number of hydrogen-bond acceptors (Lipinski definition) is 3. The summed E-state index contributed by atoms with van der Waals surface area (Å²) in [5.41, 5.74) is 3.19. The summed E-state index contributed by atoms with van der Waals surface area (Å²) >= 11 is 6.19. The van der Waals surface area contributed by atoms with Crippen LogP contribution in [0.5, 0.6) is 0 Å². The number of rotatable bonds is 5. The van der Waals surface area contributed by atoms with Crippen LogP contribution in [0.4, 0.5) is 0 Å². The molecule has 2 aromatic carbocycles. The number of hydrogen-bond donors (Lipinski definition) is 1. The van der Waals surface area contributed by atoms with Gasteiger partial charge in [-0.25, -0.2) is 0 Å². The van der Waals surface area contributed by atoms with Gasteiger partial charge < -0.3 is 9.68 Å². The lowest BCUT2D eigenvalue weighted by molar-refractivity contribution is 0.0980. The first kappa shape index (κ1) is 15.3. The van der Waals surface area contributed by atoms with Crippen molar-refractivity contribution in [2.45, 2.75) is 25.9 Å². The highest BCUT2D eigenvalue weighted by Crippen LogP contribution is 2.22. The topological polar surface area (TPSA) is 46.5 Å². The first-order valence-corrected chi connectivity index (χ1v) is 7.72. The molecule has 0 amide bonds. The molecular weight excluding hydrogens is 298 g/mol. The van der Waals surface area contributed by atoms with E-state index in [0.29, 0.717) is 29.1 Å². The highest BCUT2D eigenvalue weighted by Gasteiger charge is 2.29. The quantitative estimate of drug-likeness (QED) is 0.682. The molecule has 3 nitrogen and oxygen atoms in total. The molecule has 112 valence electrons. The molecule has 0 aromatic heterocycles. The van der Waals surface area contributed by atoms with Gasteiger partial charge in [0.15, 0.2) is 5.78 Å². The summed E-state index contributed by atoms with van der Waals surface area (Å²) in [4.78, 5) is 12.4. The summed E-state index contributed by atoms with van der Waals surface area (Å²) in [5.74, 6) is 0.00262. The number of aryl methyl sites for hydroxylation is 1. The Morgan fingerprint density at radius 3 is 2.82 bits per heavy atom. The Morgan fingerprint density at radius 1 is 1.27 bits per heavy atom. The summed E-state index contributed by atoms with van der Waals surface area (Å²) in [6.07, 6.45) is 2.07. The van der Waals surface area contributed by atoms with Crippen molar-refractivity contribution in [2.75, 3.05) is 0 Å². The number of carbonyl (C=O) groups is 1. The summed E-state index contributed by atoms with van der Waals surface area (Å²) in [7, 11) is -0.955. The molecule has 1 aliphatic heterocycles. The Labute approximate surface area is 135 Å². The van der Waals surface area contributed by atoms with Crippen LogP contribution >= 0.6 is 11.6 Å². The maximum absolute atomic E-state index is 12.4. The molecule has 0 radical (unpaired) electrons. The van der Waals surface area contributed by atoms with Crippen molar-refractivity contribution < 1.29 is 14.5 Å². The van der Waals surface area contributed by atoms with Gasteiger partial charge in [0.05, 0.1) is 11.6 Å². The smallest absolute Gasteiger partial charge is 0.423 e. The van der Waals surface area contributed by atoms with Crippen LogP contribution in [-0.4, -0.2) is 17.9 Å². The molecule has 5 heteroatoms. The van der Waals surface area contributed by atoms with E-state index in [1.807, 2.05) is 18.2 Å². The van der Waals surface area contributed by atoms with Crippen LogP contribution in [0, 0.1) is 0 Å². The number of ketones is 1. The second kappa shape index (κ2) is 6.65. The van der Waals surface area contributed by atoms with Gasteiger partial charge in [-0.2, -0.15) is 0 Å². The molecule has 0 saturated heterocycles. The monoisotopic (exact) mass is 314 g/mol. The van der Waals surface area contributed by atoms with E-state index in [0.717, 1.165) is 18.4 Å². The zero-order valence-electron chi connectivity index (χ0n) is 12.1. The van der Waals surface area contributed by atoms with E-state index < -0.39 is 7.12 Å². The van der Waals surface area contributed by atoms with Crippen molar-refractivity contribution in [3.63, 3.8) is 0 Å². The van der Waals surface area contributed by atoms with Crippen LogP contribution < -0.4 is 5.46 Å². The zero-order valence-corrected chi connectivity index (χ0v) is 12.8. The Balaban J connectivity index is 1.66.